The zero-order chi connectivity index (χ0) is 17.7. The van der Waals surface area contributed by atoms with Gasteiger partial charge in [0.1, 0.15) is 17.7 Å². The zero-order valence-electron chi connectivity index (χ0n) is 14.3. The van der Waals surface area contributed by atoms with E-state index in [0.29, 0.717) is 34.5 Å². The Morgan fingerprint density at radius 3 is 2.69 bits per heavy atom. The van der Waals surface area contributed by atoms with E-state index >= 15 is 0 Å². The summed E-state index contributed by atoms with van der Waals surface area (Å²) in [6.45, 7) is 0. The van der Waals surface area contributed by atoms with Crippen molar-refractivity contribution in [3.05, 3.63) is 24.1 Å². The molecule has 4 aromatic rings. The second kappa shape index (κ2) is 5.61. The Morgan fingerprint density at radius 1 is 1.19 bits per heavy atom. The summed E-state index contributed by atoms with van der Waals surface area (Å²) in [5.41, 5.74) is 3.55. The normalized spacial score (nSPS) is 14.7. The van der Waals surface area contributed by atoms with Crippen LogP contribution in [0.5, 0.6) is 5.75 Å². The summed E-state index contributed by atoms with van der Waals surface area (Å²) in [6.07, 6.45) is 6.70. The van der Waals surface area contributed by atoms with E-state index in [1.54, 1.807) is 22.4 Å². The van der Waals surface area contributed by atoms with Gasteiger partial charge in [-0.2, -0.15) is 9.61 Å². The molecule has 26 heavy (non-hydrogen) atoms. The molecule has 4 heterocycles. The number of rotatable bonds is 4. The number of ether oxygens (including phenoxy) is 1. The van der Waals surface area contributed by atoms with E-state index in [2.05, 4.69) is 25.7 Å². The molecule has 1 aliphatic rings. The standard InChI is InChI=1S/C16H16N8O2/c1-23-8-11(17-22-23)13-12(9-4-3-5-9)14(25-2)16-19-18-15(24(16)20-13)10-6-7-26-21-10/h6-9H,3-5H2,1-2H3. The largest absolute Gasteiger partial charge is 0.492 e. The van der Waals surface area contributed by atoms with Crippen LogP contribution in [0.15, 0.2) is 23.0 Å². The van der Waals surface area contributed by atoms with Gasteiger partial charge in [-0.3, -0.25) is 4.68 Å². The molecule has 0 saturated heterocycles. The summed E-state index contributed by atoms with van der Waals surface area (Å²) in [5.74, 6) is 1.52. The Labute approximate surface area is 147 Å². The smallest absolute Gasteiger partial charge is 0.220 e. The van der Waals surface area contributed by atoms with Gasteiger partial charge in [0.25, 0.3) is 0 Å². The maximum atomic E-state index is 5.75. The van der Waals surface area contributed by atoms with Gasteiger partial charge in [-0.1, -0.05) is 16.8 Å². The second-order valence-corrected chi connectivity index (χ2v) is 6.34. The van der Waals surface area contributed by atoms with Gasteiger partial charge in [-0.05, 0) is 18.8 Å². The molecule has 0 spiro atoms. The van der Waals surface area contributed by atoms with Crippen LogP contribution < -0.4 is 4.74 Å². The number of hydrogen-bond acceptors (Lipinski definition) is 8. The van der Waals surface area contributed by atoms with Gasteiger partial charge < -0.3 is 9.26 Å². The fourth-order valence-electron chi connectivity index (χ4n) is 3.31. The van der Waals surface area contributed by atoms with Crippen LogP contribution in [0.1, 0.15) is 30.7 Å². The lowest BCUT2D eigenvalue weighted by Gasteiger charge is -2.28. The molecule has 0 bridgehead atoms. The second-order valence-electron chi connectivity index (χ2n) is 6.34. The molecule has 0 radical (unpaired) electrons. The molecule has 1 fully saturated rings. The van der Waals surface area contributed by atoms with Gasteiger partial charge in [-0.25, -0.2) is 0 Å². The highest BCUT2D eigenvalue weighted by Gasteiger charge is 2.32. The summed E-state index contributed by atoms with van der Waals surface area (Å²) in [7, 11) is 3.47. The zero-order valence-corrected chi connectivity index (χ0v) is 14.3. The van der Waals surface area contributed by atoms with Crippen LogP contribution in [0, 0.1) is 0 Å². The van der Waals surface area contributed by atoms with Crippen molar-refractivity contribution in [3.8, 4) is 28.7 Å². The van der Waals surface area contributed by atoms with Crippen molar-refractivity contribution in [2.24, 2.45) is 7.05 Å². The molecule has 5 rings (SSSR count). The monoisotopic (exact) mass is 352 g/mol. The summed E-state index contributed by atoms with van der Waals surface area (Å²) in [6, 6.07) is 1.71. The van der Waals surface area contributed by atoms with Crippen LogP contribution in [0.4, 0.5) is 0 Å². The van der Waals surface area contributed by atoms with Crippen LogP contribution in [0.2, 0.25) is 0 Å². The third-order valence-electron chi connectivity index (χ3n) is 4.77. The molecule has 10 heteroatoms. The molecule has 1 saturated carbocycles. The van der Waals surface area contributed by atoms with Gasteiger partial charge in [0, 0.05) is 18.7 Å². The first kappa shape index (κ1) is 15.0. The van der Waals surface area contributed by atoms with E-state index in [1.807, 2.05) is 13.2 Å². The lowest BCUT2D eigenvalue weighted by molar-refractivity contribution is 0.373. The Balaban J connectivity index is 1.83. The van der Waals surface area contributed by atoms with Crippen LogP contribution >= 0.6 is 0 Å². The Bertz CT molecular complexity index is 1080. The lowest BCUT2D eigenvalue weighted by atomic mass is 9.78. The minimum absolute atomic E-state index is 0.367. The fraction of sp³-hybridized carbons (Fsp3) is 0.375. The fourth-order valence-corrected chi connectivity index (χ4v) is 3.31. The number of aryl methyl sites for hydroxylation is 1. The average Bonchev–Trinajstić information content (AvgIpc) is 3.31. The number of methoxy groups -OCH3 is 1. The number of hydrogen-bond donors (Lipinski definition) is 0. The first-order valence-electron chi connectivity index (χ1n) is 8.37. The van der Waals surface area contributed by atoms with Crippen LogP contribution in [-0.2, 0) is 7.05 Å². The van der Waals surface area contributed by atoms with E-state index in [1.165, 1.54) is 12.7 Å². The molecular weight excluding hydrogens is 336 g/mol. The first-order chi connectivity index (χ1) is 12.8. The van der Waals surface area contributed by atoms with Crippen molar-refractivity contribution in [1.29, 1.82) is 0 Å². The molecule has 10 nitrogen and oxygen atoms in total. The van der Waals surface area contributed by atoms with Crippen molar-refractivity contribution in [2.75, 3.05) is 7.11 Å². The van der Waals surface area contributed by atoms with E-state index < -0.39 is 0 Å². The van der Waals surface area contributed by atoms with Crippen molar-refractivity contribution in [1.82, 2.24) is 40.0 Å². The SMILES string of the molecule is COc1c(C2CCC2)c(-c2cn(C)nn2)nn2c(-c3ccon3)nnc12. The maximum absolute atomic E-state index is 5.75. The van der Waals surface area contributed by atoms with Crippen LogP contribution in [0.25, 0.3) is 28.6 Å². The molecule has 0 N–H and O–H groups in total. The van der Waals surface area contributed by atoms with E-state index in [4.69, 9.17) is 14.4 Å². The molecule has 0 atom stereocenters. The lowest BCUT2D eigenvalue weighted by Crippen LogP contribution is -2.15. The summed E-state index contributed by atoms with van der Waals surface area (Å²) in [4.78, 5) is 0. The molecule has 0 aliphatic heterocycles. The van der Waals surface area contributed by atoms with Crippen molar-refractivity contribution in [3.63, 3.8) is 0 Å². The number of fused-ring (bicyclic) bond motifs is 1. The van der Waals surface area contributed by atoms with E-state index in [9.17, 15) is 0 Å². The number of nitrogens with zero attached hydrogens (tertiary/aromatic N) is 8. The summed E-state index contributed by atoms with van der Waals surface area (Å²) < 4.78 is 14.0. The van der Waals surface area contributed by atoms with Crippen molar-refractivity contribution < 1.29 is 9.26 Å². The van der Waals surface area contributed by atoms with Gasteiger partial charge in [0.05, 0.1) is 13.3 Å². The van der Waals surface area contributed by atoms with Crippen LogP contribution in [0.3, 0.4) is 0 Å². The molecule has 0 unspecified atom stereocenters. The van der Waals surface area contributed by atoms with Crippen LogP contribution in [-0.4, -0.2) is 47.1 Å². The van der Waals surface area contributed by atoms with Crippen molar-refractivity contribution in [2.45, 2.75) is 25.2 Å². The predicted octanol–water partition coefficient (Wildman–Crippen LogP) is 1.85. The highest BCUT2D eigenvalue weighted by molar-refractivity contribution is 5.71. The highest BCUT2D eigenvalue weighted by Crippen LogP contribution is 2.46. The van der Waals surface area contributed by atoms with Gasteiger partial charge in [0.15, 0.2) is 11.4 Å². The van der Waals surface area contributed by atoms with Crippen molar-refractivity contribution >= 4 is 5.65 Å². The topological polar surface area (TPSA) is 109 Å². The first-order valence-corrected chi connectivity index (χ1v) is 8.37. The molecule has 0 amide bonds. The van der Waals surface area contributed by atoms with Gasteiger partial charge in [0.2, 0.25) is 11.5 Å². The maximum Gasteiger partial charge on any atom is 0.220 e. The van der Waals surface area contributed by atoms with Gasteiger partial charge in [-0.15, -0.1) is 15.3 Å². The molecule has 0 aromatic carbocycles. The van der Waals surface area contributed by atoms with E-state index in [-0.39, 0.29) is 0 Å². The minimum Gasteiger partial charge on any atom is -0.492 e. The molecule has 132 valence electrons. The Kier molecular flexibility index (Phi) is 3.24. The molecular formula is C16H16N8O2. The molecule has 1 aliphatic carbocycles. The third-order valence-corrected chi connectivity index (χ3v) is 4.77. The third kappa shape index (κ3) is 2.11. The summed E-state index contributed by atoms with van der Waals surface area (Å²) >= 11 is 0. The highest BCUT2D eigenvalue weighted by atomic mass is 16.5. The quantitative estimate of drug-likeness (QED) is 0.547. The Morgan fingerprint density at radius 2 is 2.08 bits per heavy atom. The minimum atomic E-state index is 0.367. The molecule has 4 aromatic heterocycles. The summed E-state index contributed by atoms with van der Waals surface area (Å²) in [5, 5.41) is 25.6. The number of aromatic nitrogens is 8. The predicted molar refractivity (Wildman–Crippen MR) is 89.4 cm³/mol. The van der Waals surface area contributed by atoms with E-state index in [0.717, 1.165) is 24.1 Å². The van der Waals surface area contributed by atoms with Gasteiger partial charge >= 0.3 is 0 Å². The average molecular weight is 352 g/mol. The Hall–Kier alpha value is -3.30.